The van der Waals surface area contributed by atoms with E-state index >= 15 is 0 Å². The lowest BCUT2D eigenvalue weighted by molar-refractivity contribution is -0.0907. The van der Waals surface area contributed by atoms with Crippen LogP contribution >= 0.6 is 0 Å². The molecule has 48 heavy (non-hydrogen) atoms. The van der Waals surface area contributed by atoms with E-state index in [0.29, 0.717) is 45.2 Å². The number of rotatable bonds is 14. The topological polar surface area (TPSA) is 121 Å². The van der Waals surface area contributed by atoms with Crippen LogP contribution in [-0.2, 0) is 33.8 Å². The maximum absolute atomic E-state index is 13.3. The van der Waals surface area contributed by atoms with Crippen LogP contribution in [0, 0.1) is 11.8 Å². The number of hydrogen-bond acceptors (Lipinski definition) is 10. The van der Waals surface area contributed by atoms with Crippen molar-refractivity contribution in [3.05, 3.63) is 83.7 Å². The minimum atomic E-state index is -0.865. The second-order valence-electron chi connectivity index (χ2n) is 13.3. The smallest absolute Gasteiger partial charge is 0.407 e. The van der Waals surface area contributed by atoms with Crippen molar-refractivity contribution in [2.45, 2.75) is 76.2 Å². The zero-order valence-electron chi connectivity index (χ0n) is 27.2. The molecule has 0 radical (unpaired) electrons. The van der Waals surface area contributed by atoms with E-state index in [4.69, 9.17) is 28.4 Å². The summed E-state index contributed by atoms with van der Waals surface area (Å²) in [4.78, 5) is 19.9. The molecule has 4 aliphatic rings. The average Bonchev–Trinajstić information content (AvgIpc) is 3.92. The molecule has 3 fully saturated rings. The minimum Gasteiger partial charge on any atom is -0.487 e. The molecule has 0 unspecified atom stereocenters. The molecule has 11 heteroatoms. The summed E-state index contributed by atoms with van der Waals surface area (Å²) in [5, 5.41) is 14.9. The number of benzene rings is 2. The number of amides is 1. The lowest BCUT2D eigenvalue weighted by Crippen LogP contribution is -2.50. The van der Waals surface area contributed by atoms with Gasteiger partial charge in [-0.25, -0.2) is 4.79 Å². The number of fused-ring (bicyclic) bond motifs is 2. The number of carbonyl (C=O) groups excluding carboxylic acids is 1. The highest BCUT2D eigenvalue weighted by molar-refractivity contribution is 5.68. The van der Waals surface area contributed by atoms with Crippen molar-refractivity contribution in [1.82, 2.24) is 15.2 Å². The number of pyridine rings is 1. The monoisotopic (exact) mass is 659 g/mol. The Balaban J connectivity index is 1.04. The van der Waals surface area contributed by atoms with Crippen molar-refractivity contribution in [3.63, 3.8) is 0 Å². The summed E-state index contributed by atoms with van der Waals surface area (Å²) in [5.74, 6) is 2.82. The number of carbonyl (C=O) groups is 1. The Morgan fingerprint density at radius 1 is 1.00 bits per heavy atom. The van der Waals surface area contributed by atoms with Gasteiger partial charge in [-0.15, -0.1) is 0 Å². The van der Waals surface area contributed by atoms with Crippen LogP contribution in [0.5, 0.6) is 17.2 Å². The standard InChI is InChI=1S/C37H45N3O8/c41-32(21-40(19-26-5-1-2-6-26)20-27-10-13-33-34(18-27)47-24-46-33)31(39-37(42)48-35-23-45-36-30(35)14-16-43-36)17-25-8-11-29(12-9-25)44-22-28-7-3-4-15-38-28/h3-4,7-13,15,18,26,30-32,35-36,41H,1-2,5-6,14,16-17,19-24H2,(H,39,42)/t30-,31-,32+,35-,36+/m0/s1. The Labute approximate surface area is 281 Å². The van der Waals surface area contributed by atoms with E-state index in [9.17, 15) is 9.90 Å². The molecule has 11 nitrogen and oxygen atoms in total. The van der Waals surface area contributed by atoms with Crippen LogP contribution in [0.4, 0.5) is 4.79 Å². The first-order valence-electron chi connectivity index (χ1n) is 17.2. The molecular formula is C37H45N3O8. The molecule has 0 spiro atoms. The maximum Gasteiger partial charge on any atom is 0.407 e. The van der Waals surface area contributed by atoms with E-state index in [0.717, 1.165) is 47.0 Å². The normalized spacial score (nSPS) is 22.8. The van der Waals surface area contributed by atoms with Gasteiger partial charge < -0.3 is 38.8 Å². The van der Waals surface area contributed by atoms with Gasteiger partial charge in [0.05, 0.1) is 37.0 Å². The van der Waals surface area contributed by atoms with Crippen LogP contribution < -0.4 is 19.5 Å². The quantitative estimate of drug-likeness (QED) is 0.249. The Morgan fingerprint density at radius 3 is 2.67 bits per heavy atom. The third kappa shape index (κ3) is 8.38. The summed E-state index contributed by atoms with van der Waals surface area (Å²) < 4.78 is 34.2. The molecule has 1 aliphatic carbocycles. The SMILES string of the molecule is O=C(N[C@@H](Cc1ccc(OCc2ccccn2)cc1)[C@H](O)CN(Cc1ccc2c(c1)OCO2)CC1CCCC1)O[C@H]1CO[C@H]2OCC[C@H]21. The highest BCUT2D eigenvalue weighted by Gasteiger charge is 2.44. The molecule has 2 aromatic carbocycles. The van der Waals surface area contributed by atoms with Gasteiger partial charge in [-0.05, 0) is 79.1 Å². The zero-order chi connectivity index (χ0) is 32.7. The van der Waals surface area contributed by atoms with Gasteiger partial charge in [-0.1, -0.05) is 37.1 Å². The van der Waals surface area contributed by atoms with Crippen molar-refractivity contribution in [2.24, 2.45) is 11.8 Å². The van der Waals surface area contributed by atoms with Crippen LogP contribution in [0.15, 0.2) is 66.9 Å². The van der Waals surface area contributed by atoms with Crippen LogP contribution in [0.25, 0.3) is 0 Å². The van der Waals surface area contributed by atoms with Gasteiger partial charge in [0, 0.05) is 25.8 Å². The summed E-state index contributed by atoms with van der Waals surface area (Å²) in [6.45, 7) is 3.39. The molecular weight excluding hydrogens is 614 g/mol. The number of ether oxygens (including phenoxy) is 6. The van der Waals surface area contributed by atoms with Gasteiger partial charge in [0.2, 0.25) is 6.79 Å². The molecule has 7 rings (SSSR count). The fourth-order valence-corrected chi connectivity index (χ4v) is 7.22. The Kier molecular flexibility index (Phi) is 10.6. The fourth-order valence-electron chi connectivity index (χ4n) is 7.22. The molecule has 3 aromatic rings. The highest BCUT2D eigenvalue weighted by Crippen LogP contribution is 2.34. The van der Waals surface area contributed by atoms with E-state index in [1.54, 1.807) is 6.20 Å². The Hall–Kier alpha value is -3.90. The van der Waals surface area contributed by atoms with E-state index in [-0.39, 0.29) is 25.1 Å². The molecule has 1 saturated carbocycles. The molecule has 256 valence electrons. The minimum absolute atomic E-state index is 0.0290. The van der Waals surface area contributed by atoms with Crippen LogP contribution in [0.2, 0.25) is 0 Å². The van der Waals surface area contributed by atoms with E-state index in [1.165, 1.54) is 25.7 Å². The van der Waals surface area contributed by atoms with Gasteiger partial charge in [0.25, 0.3) is 0 Å². The van der Waals surface area contributed by atoms with Gasteiger partial charge in [0.15, 0.2) is 17.8 Å². The Bertz CT molecular complexity index is 1490. The van der Waals surface area contributed by atoms with Crippen molar-refractivity contribution >= 4 is 6.09 Å². The van der Waals surface area contributed by atoms with Gasteiger partial charge in [-0.2, -0.15) is 0 Å². The second kappa shape index (κ2) is 15.5. The lowest BCUT2D eigenvalue weighted by atomic mass is 9.99. The van der Waals surface area contributed by atoms with E-state index in [2.05, 4.69) is 21.3 Å². The number of aliphatic hydroxyl groups is 1. The summed E-state index contributed by atoms with van der Waals surface area (Å²) in [5.41, 5.74) is 2.89. The third-order valence-electron chi connectivity index (χ3n) is 9.78. The van der Waals surface area contributed by atoms with Crippen LogP contribution in [-0.4, -0.2) is 78.7 Å². The number of alkyl carbamates (subject to hydrolysis) is 1. The lowest BCUT2D eigenvalue weighted by Gasteiger charge is -2.32. The molecule has 1 amide bonds. The number of nitrogens with one attached hydrogen (secondary N) is 1. The van der Waals surface area contributed by atoms with E-state index < -0.39 is 18.2 Å². The van der Waals surface area contributed by atoms with Crippen LogP contribution in [0.1, 0.15) is 48.9 Å². The predicted octanol–water partition coefficient (Wildman–Crippen LogP) is 4.84. The van der Waals surface area contributed by atoms with Gasteiger partial charge in [-0.3, -0.25) is 9.88 Å². The number of nitrogens with zero attached hydrogens (tertiary/aromatic N) is 2. The zero-order valence-corrected chi connectivity index (χ0v) is 27.2. The molecule has 1 aromatic heterocycles. The number of aliphatic hydroxyl groups excluding tert-OH is 1. The fraction of sp³-hybridized carbons (Fsp3) is 0.514. The number of hydrogen-bond donors (Lipinski definition) is 2. The van der Waals surface area contributed by atoms with Gasteiger partial charge in [0.1, 0.15) is 18.5 Å². The van der Waals surface area contributed by atoms with Crippen molar-refractivity contribution in [2.75, 3.05) is 33.1 Å². The highest BCUT2D eigenvalue weighted by atomic mass is 16.7. The molecule has 0 bridgehead atoms. The van der Waals surface area contributed by atoms with Crippen LogP contribution in [0.3, 0.4) is 0 Å². The first-order valence-corrected chi connectivity index (χ1v) is 17.2. The molecule has 5 atom stereocenters. The molecule has 2 saturated heterocycles. The third-order valence-corrected chi connectivity index (χ3v) is 9.78. The van der Waals surface area contributed by atoms with E-state index in [1.807, 2.05) is 54.6 Å². The Morgan fingerprint density at radius 2 is 1.83 bits per heavy atom. The summed E-state index contributed by atoms with van der Waals surface area (Å²) >= 11 is 0. The largest absolute Gasteiger partial charge is 0.487 e. The summed E-state index contributed by atoms with van der Waals surface area (Å²) in [6.07, 6.45) is 5.67. The van der Waals surface area contributed by atoms with Gasteiger partial charge >= 0.3 is 6.09 Å². The van der Waals surface area contributed by atoms with Crippen molar-refractivity contribution < 1.29 is 38.3 Å². The number of aromatic nitrogens is 1. The molecule has 4 heterocycles. The summed E-state index contributed by atoms with van der Waals surface area (Å²) in [6, 6.07) is 18.9. The molecule has 3 aliphatic heterocycles. The predicted molar refractivity (Wildman–Crippen MR) is 176 cm³/mol. The average molecular weight is 660 g/mol. The summed E-state index contributed by atoms with van der Waals surface area (Å²) in [7, 11) is 0. The first-order chi connectivity index (χ1) is 23.6. The molecule has 2 N–H and O–H groups in total. The maximum atomic E-state index is 13.3. The van der Waals surface area contributed by atoms with Crippen molar-refractivity contribution in [3.8, 4) is 17.2 Å². The second-order valence-corrected chi connectivity index (χ2v) is 13.3. The first kappa shape index (κ1) is 32.6. The van der Waals surface area contributed by atoms with Crippen molar-refractivity contribution in [1.29, 1.82) is 0 Å².